The molecule has 0 saturated carbocycles. The average molecular weight is 418 g/mol. The third-order valence-electron chi connectivity index (χ3n) is 4.55. The molecule has 31 heavy (non-hydrogen) atoms. The Balaban J connectivity index is 1.66. The van der Waals surface area contributed by atoms with Crippen molar-refractivity contribution >= 4 is 11.6 Å². The molecule has 3 aromatic carbocycles. The molecule has 1 N–H and O–H groups in total. The van der Waals surface area contributed by atoms with Crippen molar-refractivity contribution in [1.82, 2.24) is 14.8 Å². The quantitative estimate of drug-likeness (QED) is 0.504. The predicted octanol–water partition coefficient (Wildman–Crippen LogP) is 4.34. The van der Waals surface area contributed by atoms with Crippen LogP contribution in [0.1, 0.15) is 10.4 Å². The molecule has 1 heterocycles. The van der Waals surface area contributed by atoms with E-state index in [0.717, 1.165) is 0 Å². The summed E-state index contributed by atoms with van der Waals surface area (Å²) >= 11 is 0. The molecular formula is C23H19FN4O3. The van der Waals surface area contributed by atoms with Crippen LogP contribution in [0.5, 0.6) is 11.8 Å². The summed E-state index contributed by atoms with van der Waals surface area (Å²) in [7, 11) is 3.02. The Morgan fingerprint density at radius 2 is 1.74 bits per heavy atom. The Hall–Kier alpha value is -4.20. The Bertz CT molecular complexity index is 1220. The van der Waals surface area contributed by atoms with E-state index in [4.69, 9.17) is 9.47 Å². The predicted molar refractivity (Wildman–Crippen MR) is 114 cm³/mol. The first-order valence-electron chi connectivity index (χ1n) is 9.40. The third-order valence-corrected chi connectivity index (χ3v) is 4.55. The molecule has 0 fully saturated rings. The fourth-order valence-electron chi connectivity index (χ4n) is 3.03. The van der Waals surface area contributed by atoms with Gasteiger partial charge in [0.05, 0.1) is 19.9 Å². The van der Waals surface area contributed by atoms with E-state index < -0.39 is 0 Å². The molecule has 8 heteroatoms. The molecule has 0 aliphatic rings. The van der Waals surface area contributed by atoms with Crippen molar-refractivity contribution in [2.45, 2.75) is 0 Å². The molecule has 0 saturated heterocycles. The van der Waals surface area contributed by atoms with Gasteiger partial charge in [0.1, 0.15) is 11.6 Å². The van der Waals surface area contributed by atoms with Gasteiger partial charge in [-0.05, 0) is 60.7 Å². The molecule has 0 unspecified atom stereocenters. The topological polar surface area (TPSA) is 78.3 Å². The van der Waals surface area contributed by atoms with E-state index in [1.54, 1.807) is 66.4 Å². The molecule has 0 aliphatic carbocycles. The molecular weight excluding hydrogens is 399 g/mol. The molecule has 0 atom stereocenters. The number of aromatic nitrogens is 3. The van der Waals surface area contributed by atoms with Gasteiger partial charge < -0.3 is 14.8 Å². The van der Waals surface area contributed by atoms with E-state index in [2.05, 4.69) is 15.4 Å². The Morgan fingerprint density at radius 1 is 0.968 bits per heavy atom. The highest BCUT2D eigenvalue weighted by molar-refractivity contribution is 6.04. The molecule has 0 spiro atoms. The molecule has 1 aromatic heterocycles. The van der Waals surface area contributed by atoms with Gasteiger partial charge in [-0.2, -0.15) is 4.98 Å². The monoisotopic (exact) mass is 418 g/mol. The van der Waals surface area contributed by atoms with Crippen molar-refractivity contribution in [3.8, 4) is 28.8 Å². The van der Waals surface area contributed by atoms with Crippen LogP contribution in [0, 0.1) is 5.82 Å². The molecule has 0 aliphatic heterocycles. The van der Waals surface area contributed by atoms with Gasteiger partial charge in [0.25, 0.3) is 5.91 Å². The number of methoxy groups -OCH3 is 2. The molecule has 1 amide bonds. The summed E-state index contributed by atoms with van der Waals surface area (Å²) in [6.07, 6.45) is 0. The third kappa shape index (κ3) is 4.37. The van der Waals surface area contributed by atoms with Gasteiger partial charge in [-0.1, -0.05) is 12.1 Å². The number of nitrogens with zero attached hydrogens (tertiary/aromatic N) is 3. The minimum absolute atomic E-state index is 0.171. The standard InChI is InChI=1S/C23H19FN4O3/c1-30-20-8-3-5-16(13-20)22(29)25-18-6-4-7-19(14-18)28-21(26-23(27-28)31-2)15-9-11-17(24)12-10-15/h3-14H,1-2H3,(H,25,29). The number of carbonyl (C=O) groups is 1. The lowest BCUT2D eigenvalue weighted by molar-refractivity contribution is 0.102. The average Bonchev–Trinajstić information content (AvgIpc) is 3.24. The number of nitrogens with one attached hydrogen (secondary N) is 1. The lowest BCUT2D eigenvalue weighted by Gasteiger charge is -2.10. The highest BCUT2D eigenvalue weighted by Gasteiger charge is 2.15. The van der Waals surface area contributed by atoms with Crippen molar-refractivity contribution in [1.29, 1.82) is 0 Å². The number of hydrogen-bond acceptors (Lipinski definition) is 5. The fourth-order valence-corrected chi connectivity index (χ4v) is 3.03. The lowest BCUT2D eigenvalue weighted by Crippen LogP contribution is -2.12. The first-order valence-corrected chi connectivity index (χ1v) is 9.40. The summed E-state index contributed by atoms with van der Waals surface area (Å²) in [4.78, 5) is 17.0. The highest BCUT2D eigenvalue weighted by atomic mass is 19.1. The second kappa shape index (κ2) is 8.66. The van der Waals surface area contributed by atoms with Crippen molar-refractivity contribution < 1.29 is 18.7 Å². The summed E-state index contributed by atoms with van der Waals surface area (Å²) in [5.41, 5.74) is 2.37. The first-order chi connectivity index (χ1) is 15.1. The minimum Gasteiger partial charge on any atom is -0.497 e. The maximum atomic E-state index is 13.3. The molecule has 7 nitrogen and oxygen atoms in total. The first kappa shape index (κ1) is 20.1. The molecule has 0 radical (unpaired) electrons. The highest BCUT2D eigenvalue weighted by Crippen LogP contribution is 2.25. The molecule has 4 aromatic rings. The van der Waals surface area contributed by atoms with E-state index in [9.17, 15) is 9.18 Å². The van der Waals surface area contributed by atoms with Gasteiger partial charge in [0, 0.05) is 16.8 Å². The molecule has 156 valence electrons. The van der Waals surface area contributed by atoms with Crippen molar-refractivity contribution in [3.63, 3.8) is 0 Å². The number of rotatable bonds is 6. The number of carbonyl (C=O) groups excluding carboxylic acids is 1. The second-order valence-electron chi connectivity index (χ2n) is 6.58. The van der Waals surface area contributed by atoms with Gasteiger partial charge in [-0.15, -0.1) is 5.10 Å². The Labute approximate surface area is 178 Å². The number of ether oxygens (including phenoxy) is 2. The van der Waals surface area contributed by atoms with E-state index in [1.807, 2.05) is 6.07 Å². The van der Waals surface area contributed by atoms with Crippen LogP contribution < -0.4 is 14.8 Å². The maximum absolute atomic E-state index is 13.3. The summed E-state index contributed by atoms with van der Waals surface area (Å²) in [6.45, 7) is 0. The van der Waals surface area contributed by atoms with Crippen molar-refractivity contribution in [2.75, 3.05) is 19.5 Å². The zero-order chi connectivity index (χ0) is 21.8. The van der Waals surface area contributed by atoms with Gasteiger partial charge in [-0.3, -0.25) is 4.79 Å². The summed E-state index contributed by atoms with van der Waals surface area (Å²) < 4.78 is 25.3. The number of hydrogen-bond donors (Lipinski definition) is 1. The summed E-state index contributed by atoms with van der Waals surface area (Å²) in [6, 6.07) is 20.1. The zero-order valence-corrected chi connectivity index (χ0v) is 16.9. The number of anilines is 1. The number of benzene rings is 3. The molecule has 0 bridgehead atoms. The maximum Gasteiger partial charge on any atom is 0.336 e. The van der Waals surface area contributed by atoms with Crippen LogP contribution >= 0.6 is 0 Å². The van der Waals surface area contributed by atoms with Crippen molar-refractivity contribution in [3.05, 3.63) is 84.2 Å². The minimum atomic E-state index is -0.343. The Morgan fingerprint density at radius 3 is 2.48 bits per heavy atom. The fraction of sp³-hybridized carbons (Fsp3) is 0.0870. The van der Waals surface area contributed by atoms with Crippen LogP contribution in [0.25, 0.3) is 17.1 Å². The zero-order valence-electron chi connectivity index (χ0n) is 16.9. The van der Waals surface area contributed by atoms with Gasteiger partial charge in [0.2, 0.25) is 0 Å². The summed E-state index contributed by atoms with van der Waals surface area (Å²) in [5, 5.41) is 7.23. The van der Waals surface area contributed by atoms with E-state index in [1.165, 1.54) is 19.2 Å². The smallest absolute Gasteiger partial charge is 0.336 e. The van der Waals surface area contributed by atoms with Gasteiger partial charge >= 0.3 is 6.01 Å². The van der Waals surface area contributed by atoms with Crippen LogP contribution in [0.2, 0.25) is 0 Å². The Kier molecular flexibility index (Phi) is 5.61. The normalized spacial score (nSPS) is 10.5. The largest absolute Gasteiger partial charge is 0.497 e. The van der Waals surface area contributed by atoms with Crippen LogP contribution in [-0.2, 0) is 0 Å². The van der Waals surface area contributed by atoms with Crippen LogP contribution in [-0.4, -0.2) is 34.9 Å². The van der Waals surface area contributed by atoms with E-state index >= 15 is 0 Å². The van der Waals surface area contributed by atoms with Crippen LogP contribution in [0.15, 0.2) is 72.8 Å². The van der Waals surface area contributed by atoms with Crippen molar-refractivity contribution in [2.24, 2.45) is 0 Å². The second-order valence-corrected chi connectivity index (χ2v) is 6.58. The van der Waals surface area contributed by atoms with Crippen LogP contribution in [0.3, 0.4) is 0 Å². The lowest BCUT2D eigenvalue weighted by atomic mass is 10.2. The molecule has 4 rings (SSSR count). The van der Waals surface area contributed by atoms with Gasteiger partial charge in [0.15, 0.2) is 5.82 Å². The number of halogens is 1. The SMILES string of the molecule is COc1cccc(C(=O)Nc2cccc(-n3nc(OC)nc3-c3ccc(F)cc3)c2)c1. The van der Waals surface area contributed by atoms with Crippen LogP contribution in [0.4, 0.5) is 10.1 Å². The van der Waals surface area contributed by atoms with Gasteiger partial charge in [-0.25, -0.2) is 9.07 Å². The van der Waals surface area contributed by atoms with E-state index in [-0.39, 0.29) is 17.7 Å². The number of amides is 1. The summed E-state index contributed by atoms with van der Waals surface area (Å²) in [5.74, 6) is 0.461. The van der Waals surface area contributed by atoms with E-state index in [0.29, 0.717) is 34.1 Å².